The monoisotopic (exact) mass is 299 g/mol. The maximum atomic E-state index is 9.61. The second-order valence-electron chi connectivity index (χ2n) is 4.45. The molecule has 0 amide bonds. The molecule has 0 heterocycles. The summed E-state index contributed by atoms with van der Waals surface area (Å²) in [7, 11) is 1.60. The molecule has 0 saturated heterocycles. The van der Waals surface area contributed by atoms with Crippen LogP contribution in [-0.4, -0.2) is 31.5 Å². The standard InChI is InChI=1S/C13H18BrNO2/c1-17-8-11(16)7-15-13-5-2-9-6-10(14)3-4-12(9)13/h3-4,6,11,13,15-16H,2,5,7-8H2,1H3. The van der Waals surface area contributed by atoms with E-state index in [4.69, 9.17) is 4.74 Å². The van der Waals surface area contributed by atoms with Gasteiger partial charge < -0.3 is 15.2 Å². The third kappa shape index (κ3) is 3.28. The zero-order valence-corrected chi connectivity index (χ0v) is 11.5. The van der Waals surface area contributed by atoms with Crippen molar-refractivity contribution in [1.29, 1.82) is 0 Å². The van der Waals surface area contributed by atoms with Gasteiger partial charge in [0.25, 0.3) is 0 Å². The molecular formula is C13H18BrNO2. The predicted octanol–water partition coefficient (Wildman–Crippen LogP) is 2.03. The van der Waals surface area contributed by atoms with Gasteiger partial charge in [-0.15, -0.1) is 0 Å². The van der Waals surface area contributed by atoms with Crippen molar-refractivity contribution in [2.24, 2.45) is 0 Å². The summed E-state index contributed by atoms with van der Waals surface area (Å²) in [5, 5.41) is 13.0. The molecule has 0 bridgehead atoms. The molecule has 0 spiro atoms. The van der Waals surface area contributed by atoms with Crippen LogP contribution in [0.2, 0.25) is 0 Å². The van der Waals surface area contributed by atoms with E-state index in [1.165, 1.54) is 11.1 Å². The Morgan fingerprint density at radius 2 is 2.41 bits per heavy atom. The number of aryl methyl sites for hydroxylation is 1. The molecule has 94 valence electrons. The minimum Gasteiger partial charge on any atom is -0.389 e. The van der Waals surface area contributed by atoms with Crippen molar-refractivity contribution in [2.75, 3.05) is 20.3 Å². The smallest absolute Gasteiger partial charge is 0.0897 e. The lowest BCUT2D eigenvalue weighted by Crippen LogP contribution is -2.32. The molecule has 2 N–H and O–H groups in total. The SMILES string of the molecule is COCC(O)CNC1CCc2cc(Br)ccc21. The average Bonchev–Trinajstić information content (AvgIpc) is 2.69. The molecule has 1 aromatic carbocycles. The second kappa shape index (κ2) is 5.96. The third-order valence-electron chi connectivity index (χ3n) is 3.14. The van der Waals surface area contributed by atoms with E-state index in [0.717, 1.165) is 17.3 Å². The van der Waals surface area contributed by atoms with Gasteiger partial charge in [0.1, 0.15) is 0 Å². The van der Waals surface area contributed by atoms with Crippen LogP contribution in [0.5, 0.6) is 0 Å². The normalized spacial score (nSPS) is 20.3. The molecule has 2 unspecified atom stereocenters. The molecule has 0 radical (unpaired) electrons. The molecule has 3 nitrogen and oxygen atoms in total. The molecule has 0 saturated carbocycles. The van der Waals surface area contributed by atoms with E-state index < -0.39 is 6.10 Å². The number of aliphatic hydroxyl groups is 1. The molecule has 0 aromatic heterocycles. The van der Waals surface area contributed by atoms with Crippen LogP contribution >= 0.6 is 15.9 Å². The van der Waals surface area contributed by atoms with Gasteiger partial charge in [0, 0.05) is 24.2 Å². The largest absolute Gasteiger partial charge is 0.389 e. The second-order valence-corrected chi connectivity index (χ2v) is 5.37. The fourth-order valence-electron chi connectivity index (χ4n) is 2.33. The Balaban J connectivity index is 1.93. The van der Waals surface area contributed by atoms with Crippen molar-refractivity contribution in [3.63, 3.8) is 0 Å². The number of nitrogens with one attached hydrogen (secondary N) is 1. The summed E-state index contributed by atoms with van der Waals surface area (Å²) in [5.74, 6) is 0. The Morgan fingerprint density at radius 3 is 3.18 bits per heavy atom. The van der Waals surface area contributed by atoms with Crippen LogP contribution in [0, 0.1) is 0 Å². The lowest BCUT2D eigenvalue weighted by molar-refractivity contribution is 0.0627. The zero-order chi connectivity index (χ0) is 12.3. The summed E-state index contributed by atoms with van der Waals surface area (Å²) in [5.41, 5.74) is 2.76. The van der Waals surface area contributed by atoms with Crippen LogP contribution in [0.15, 0.2) is 22.7 Å². The molecule has 2 atom stereocenters. The minimum atomic E-state index is -0.431. The number of ether oxygens (including phenoxy) is 1. The van der Waals surface area contributed by atoms with Crippen molar-refractivity contribution >= 4 is 15.9 Å². The number of methoxy groups -OCH3 is 1. The van der Waals surface area contributed by atoms with Crippen molar-refractivity contribution in [2.45, 2.75) is 25.0 Å². The van der Waals surface area contributed by atoms with E-state index in [0.29, 0.717) is 19.2 Å². The van der Waals surface area contributed by atoms with Gasteiger partial charge >= 0.3 is 0 Å². The van der Waals surface area contributed by atoms with Crippen molar-refractivity contribution < 1.29 is 9.84 Å². The number of fused-ring (bicyclic) bond motifs is 1. The van der Waals surface area contributed by atoms with Gasteiger partial charge in [0.05, 0.1) is 12.7 Å². The maximum absolute atomic E-state index is 9.61. The molecule has 0 fully saturated rings. The van der Waals surface area contributed by atoms with Crippen LogP contribution in [0.4, 0.5) is 0 Å². The molecule has 1 aromatic rings. The molecule has 2 rings (SSSR count). The Hall–Kier alpha value is -0.420. The van der Waals surface area contributed by atoms with E-state index in [2.05, 4.69) is 39.4 Å². The lowest BCUT2D eigenvalue weighted by atomic mass is 10.1. The van der Waals surface area contributed by atoms with E-state index in [9.17, 15) is 5.11 Å². The van der Waals surface area contributed by atoms with Gasteiger partial charge in [-0.25, -0.2) is 0 Å². The van der Waals surface area contributed by atoms with E-state index in [1.807, 2.05) is 0 Å². The highest BCUT2D eigenvalue weighted by atomic mass is 79.9. The van der Waals surface area contributed by atoms with Gasteiger partial charge in [-0.3, -0.25) is 0 Å². The Labute approximate surface area is 110 Å². The number of hydrogen-bond donors (Lipinski definition) is 2. The first-order valence-corrected chi connectivity index (χ1v) is 6.68. The minimum absolute atomic E-state index is 0.365. The maximum Gasteiger partial charge on any atom is 0.0897 e. The van der Waals surface area contributed by atoms with Gasteiger partial charge in [0.2, 0.25) is 0 Å². The highest BCUT2D eigenvalue weighted by molar-refractivity contribution is 9.10. The Morgan fingerprint density at radius 1 is 1.59 bits per heavy atom. The van der Waals surface area contributed by atoms with Gasteiger partial charge in [-0.1, -0.05) is 22.0 Å². The summed E-state index contributed by atoms with van der Waals surface area (Å²) < 4.78 is 6.04. The summed E-state index contributed by atoms with van der Waals surface area (Å²) in [6.07, 6.45) is 1.78. The fraction of sp³-hybridized carbons (Fsp3) is 0.538. The molecular weight excluding hydrogens is 282 g/mol. The average molecular weight is 300 g/mol. The molecule has 4 heteroatoms. The molecule has 17 heavy (non-hydrogen) atoms. The first kappa shape index (κ1) is 13.0. The molecule has 1 aliphatic rings. The number of hydrogen-bond acceptors (Lipinski definition) is 3. The van der Waals surface area contributed by atoms with Crippen LogP contribution in [0.25, 0.3) is 0 Å². The zero-order valence-electron chi connectivity index (χ0n) is 9.95. The highest BCUT2D eigenvalue weighted by Crippen LogP contribution is 2.32. The van der Waals surface area contributed by atoms with Crippen LogP contribution in [0.3, 0.4) is 0 Å². The van der Waals surface area contributed by atoms with Gasteiger partial charge in [-0.05, 0) is 36.1 Å². The predicted molar refractivity (Wildman–Crippen MR) is 71.1 cm³/mol. The van der Waals surface area contributed by atoms with E-state index >= 15 is 0 Å². The Kier molecular flexibility index (Phi) is 4.56. The summed E-state index contributed by atoms with van der Waals surface area (Å²) in [6.45, 7) is 0.959. The fourth-order valence-corrected chi connectivity index (χ4v) is 2.74. The number of benzene rings is 1. The topological polar surface area (TPSA) is 41.5 Å². The summed E-state index contributed by atoms with van der Waals surface area (Å²) in [6, 6.07) is 6.78. The first-order valence-electron chi connectivity index (χ1n) is 5.89. The van der Waals surface area contributed by atoms with Crippen LogP contribution in [-0.2, 0) is 11.2 Å². The van der Waals surface area contributed by atoms with Crippen LogP contribution in [0.1, 0.15) is 23.6 Å². The van der Waals surface area contributed by atoms with Gasteiger partial charge in [0.15, 0.2) is 0 Å². The number of halogens is 1. The number of aliphatic hydroxyl groups excluding tert-OH is 1. The third-order valence-corrected chi connectivity index (χ3v) is 3.63. The van der Waals surface area contributed by atoms with Crippen molar-refractivity contribution in [1.82, 2.24) is 5.32 Å². The quantitative estimate of drug-likeness (QED) is 0.874. The van der Waals surface area contributed by atoms with E-state index in [1.54, 1.807) is 7.11 Å². The van der Waals surface area contributed by atoms with Crippen molar-refractivity contribution in [3.8, 4) is 0 Å². The molecule has 0 aliphatic heterocycles. The lowest BCUT2D eigenvalue weighted by Gasteiger charge is -2.17. The highest BCUT2D eigenvalue weighted by Gasteiger charge is 2.22. The summed E-state index contributed by atoms with van der Waals surface area (Å²) in [4.78, 5) is 0. The van der Waals surface area contributed by atoms with E-state index in [-0.39, 0.29) is 0 Å². The van der Waals surface area contributed by atoms with Crippen LogP contribution < -0.4 is 5.32 Å². The summed E-state index contributed by atoms with van der Waals surface area (Å²) >= 11 is 3.49. The Bertz CT molecular complexity index is 384. The number of rotatable bonds is 5. The molecule has 1 aliphatic carbocycles. The van der Waals surface area contributed by atoms with Crippen molar-refractivity contribution in [3.05, 3.63) is 33.8 Å². The first-order chi connectivity index (χ1) is 8.20. The van der Waals surface area contributed by atoms with Gasteiger partial charge in [-0.2, -0.15) is 0 Å².